The van der Waals surface area contributed by atoms with Gasteiger partial charge in [0.05, 0.1) is 22.4 Å². The van der Waals surface area contributed by atoms with Crippen LogP contribution in [0.5, 0.6) is 11.5 Å². The second-order valence-electron chi connectivity index (χ2n) is 21.0. The van der Waals surface area contributed by atoms with E-state index in [9.17, 15) is 0 Å². The average Bonchev–Trinajstić information content (AvgIpc) is 3.98. The molecule has 10 aromatic rings. The molecule has 0 spiro atoms. The molecule has 328 valence electrons. The smallest absolute Gasteiger partial charge is 0.143 e. The molecule has 1 aliphatic rings. The van der Waals surface area contributed by atoms with Crippen molar-refractivity contribution in [2.45, 2.75) is 78.6 Å². The molecule has 1 aliphatic heterocycles. The van der Waals surface area contributed by atoms with E-state index in [-0.39, 0.29) is 16.2 Å². The summed E-state index contributed by atoms with van der Waals surface area (Å²) in [6.45, 7) is 21.2. The van der Waals surface area contributed by atoms with Gasteiger partial charge in [0.1, 0.15) is 35.2 Å². The summed E-state index contributed by atoms with van der Waals surface area (Å²) in [7, 11) is 0. The molecule has 0 saturated heterocycles. The second kappa shape index (κ2) is 15.1. The molecular weight excluding hydrogens is 809 g/mol. The summed E-state index contributed by atoms with van der Waals surface area (Å²) >= 11 is 0. The van der Waals surface area contributed by atoms with Gasteiger partial charge in [-0.3, -0.25) is 4.57 Å². The zero-order valence-electron chi connectivity index (χ0n) is 39.4. The number of fused-ring (bicyclic) bond motifs is 7. The molecule has 0 fully saturated rings. The minimum Gasteiger partial charge on any atom is -0.457 e. The van der Waals surface area contributed by atoms with Crippen LogP contribution in [0.3, 0.4) is 0 Å². The van der Waals surface area contributed by atoms with Crippen LogP contribution in [0.2, 0.25) is 0 Å². The van der Waals surface area contributed by atoms with Gasteiger partial charge < -0.3 is 19.0 Å². The molecule has 0 bridgehead atoms. The van der Waals surface area contributed by atoms with E-state index >= 15 is 0 Å². The first kappa shape index (κ1) is 41.4. The molecule has 4 heterocycles. The van der Waals surface area contributed by atoms with Crippen LogP contribution in [0.4, 0.5) is 22.7 Å². The minimum atomic E-state index is -0.0480. The molecule has 6 nitrogen and oxygen atoms in total. The first-order valence-electron chi connectivity index (χ1n) is 23.1. The van der Waals surface area contributed by atoms with Crippen molar-refractivity contribution in [1.82, 2.24) is 9.55 Å². The second-order valence-corrected chi connectivity index (χ2v) is 21.0. The van der Waals surface area contributed by atoms with Crippen molar-refractivity contribution < 1.29 is 9.15 Å². The fraction of sp³-hybridized carbons (Fsp3) is 0.217. The van der Waals surface area contributed by atoms with Gasteiger partial charge in [-0.15, -0.1) is 0 Å². The van der Waals surface area contributed by atoms with E-state index in [2.05, 4.69) is 222 Å². The first-order valence-corrected chi connectivity index (χ1v) is 23.1. The third kappa shape index (κ3) is 7.07. The van der Waals surface area contributed by atoms with Crippen LogP contribution in [0.15, 0.2) is 168 Å². The fourth-order valence-electron chi connectivity index (χ4n) is 9.68. The number of aromatic nitrogens is 2. The molecule has 66 heavy (non-hydrogen) atoms. The normalized spacial score (nSPS) is 13.4. The molecular formula is C60H56N4O2. The highest BCUT2D eigenvalue weighted by atomic mass is 16.5. The van der Waals surface area contributed by atoms with Crippen LogP contribution >= 0.6 is 0 Å². The number of rotatable bonds is 6. The summed E-state index contributed by atoms with van der Waals surface area (Å²) in [6.07, 6.45) is 1.92. The Hall–Kier alpha value is -7.31. The van der Waals surface area contributed by atoms with Crippen LogP contribution in [0.1, 0.15) is 79.0 Å². The van der Waals surface area contributed by atoms with Gasteiger partial charge in [-0.25, -0.2) is 4.98 Å². The van der Waals surface area contributed by atoms with Crippen LogP contribution < -0.4 is 14.5 Å². The number of hydrogen-bond donors (Lipinski definition) is 0. The maximum atomic E-state index is 6.84. The van der Waals surface area contributed by atoms with E-state index in [0.29, 0.717) is 6.67 Å². The number of pyridine rings is 1. The van der Waals surface area contributed by atoms with E-state index in [4.69, 9.17) is 14.1 Å². The lowest BCUT2D eigenvalue weighted by molar-refractivity contribution is 0.483. The van der Waals surface area contributed by atoms with Gasteiger partial charge in [-0.05, 0) is 99.7 Å². The standard InChI is InChI=1S/C60H56N4O2/c1-58(2,3)38-29-30-61-55(34-38)64-51-24-12-10-19-45(51)46-28-27-44(36-53(46)64)65-43-18-14-17-41(35-43)62-37-63(42-32-39(59(4,5)6)31-40(33-42)60(7,8)9)56-48(21-16-25-52(56)62)50-23-15-22-49-47-20-11-13-26-54(47)66-57(49)50/h10-36H,37H2,1-9H3. The lowest BCUT2D eigenvalue weighted by atomic mass is 9.80. The van der Waals surface area contributed by atoms with Crippen LogP contribution in [-0.4, -0.2) is 16.2 Å². The van der Waals surface area contributed by atoms with Gasteiger partial charge in [0.15, 0.2) is 0 Å². The number of ether oxygens (including phenoxy) is 1. The zero-order chi connectivity index (χ0) is 45.7. The predicted molar refractivity (Wildman–Crippen MR) is 276 cm³/mol. The summed E-state index contributed by atoms with van der Waals surface area (Å²) in [5.41, 5.74) is 14.4. The monoisotopic (exact) mass is 864 g/mol. The number of anilines is 4. The first-order chi connectivity index (χ1) is 31.6. The summed E-state index contributed by atoms with van der Waals surface area (Å²) in [5, 5.41) is 4.57. The number of furan rings is 1. The highest BCUT2D eigenvalue weighted by Crippen LogP contribution is 2.52. The predicted octanol–water partition coefficient (Wildman–Crippen LogP) is 16.7. The van der Waals surface area contributed by atoms with Crippen molar-refractivity contribution in [2.75, 3.05) is 16.5 Å². The summed E-state index contributed by atoms with van der Waals surface area (Å²) in [4.78, 5) is 9.82. The molecule has 0 atom stereocenters. The number of hydrogen-bond acceptors (Lipinski definition) is 5. The topological polar surface area (TPSA) is 46.7 Å². The zero-order valence-corrected chi connectivity index (χ0v) is 39.4. The fourth-order valence-corrected chi connectivity index (χ4v) is 9.68. The Kier molecular flexibility index (Phi) is 9.49. The molecule has 7 aromatic carbocycles. The van der Waals surface area contributed by atoms with E-state index in [0.717, 1.165) is 83.9 Å². The van der Waals surface area contributed by atoms with E-state index in [1.54, 1.807) is 0 Å². The maximum absolute atomic E-state index is 6.84. The van der Waals surface area contributed by atoms with Gasteiger partial charge in [0.25, 0.3) is 0 Å². The third-order valence-electron chi connectivity index (χ3n) is 13.4. The van der Waals surface area contributed by atoms with Gasteiger partial charge in [0, 0.05) is 62.4 Å². The Morgan fingerprint density at radius 2 is 1.14 bits per heavy atom. The highest BCUT2D eigenvalue weighted by molar-refractivity contribution is 6.12. The highest BCUT2D eigenvalue weighted by Gasteiger charge is 2.34. The maximum Gasteiger partial charge on any atom is 0.143 e. The Balaban J connectivity index is 1.03. The molecule has 6 heteroatoms. The molecule has 0 N–H and O–H groups in total. The molecule has 11 rings (SSSR count). The Labute approximate surface area is 387 Å². The van der Waals surface area contributed by atoms with Crippen LogP contribution in [0, 0.1) is 0 Å². The quantitative estimate of drug-likeness (QED) is 0.167. The molecule has 0 amide bonds. The molecule has 0 aliphatic carbocycles. The molecule has 0 unspecified atom stereocenters. The Morgan fingerprint density at radius 3 is 1.91 bits per heavy atom. The molecule has 0 radical (unpaired) electrons. The van der Waals surface area contributed by atoms with Gasteiger partial charge >= 0.3 is 0 Å². The molecule has 3 aromatic heterocycles. The van der Waals surface area contributed by atoms with Gasteiger partial charge in [0.2, 0.25) is 0 Å². The van der Waals surface area contributed by atoms with Crippen molar-refractivity contribution >= 4 is 66.5 Å². The number of nitrogens with zero attached hydrogens (tertiary/aromatic N) is 4. The largest absolute Gasteiger partial charge is 0.457 e. The van der Waals surface area contributed by atoms with Crippen molar-refractivity contribution in [3.63, 3.8) is 0 Å². The summed E-state index contributed by atoms with van der Waals surface area (Å²) < 4.78 is 15.8. The lowest BCUT2D eigenvalue weighted by Gasteiger charge is -2.30. The average molecular weight is 865 g/mol. The van der Waals surface area contributed by atoms with Crippen LogP contribution in [-0.2, 0) is 16.2 Å². The SMILES string of the molecule is CC(C)(C)c1cc(N2CN(c3cccc(Oc4ccc5c6ccccc6n(-c6cc(C(C)(C)C)ccn6)c5c4)c3)c3cccc(-c4cccc5c4oc4ccccc45)c32)cc(C(C)(C)C)c1. The van der Waals surface area contributed by atoms with Gasteiger partial charge in [-0.2, -0.15) is 0 Å². The summed E-state index contributed by atoms with van der Waals surface area (Å²) in [6, 6.07) is 56.5. The number of para-hydroxylation sites is 4. The third-order valence-corrected chi connectivity index (χ3v) is 13.4. The Bertz CT molecular complexity index is 3480. The Morgan fingerprint density at radius 1 is 0.485 bits per heavy atom. The summed E-state index contributed by atoms with van der Waals surface area (Å²) in [5.74, 6) is 2.41. The van der Waals surface area contributed by atoms with E-state index in [1.165, 1.54) is 27.8 Å². The van der Waals surface area contributed by atoms with E-state index in [1.807, 2.05) is 18.3 Å². The van der Waals surface area contributed by atoms with Gasteiger partial charge in [-0.1, -0.05) is 141 Å². The minimum absolute atomic E-state index is 0.0153. The van der Waals surface area contributed by atoms with Crippen LogP contribution in [0.25, 0.3) is 60.7 Å². The van der Waals surface area contributed by atoms with Crippen molar-refractivity contribution in [2.24, 2.45) is 0 Å². The number of benzene rings is 7. The lowest BCUT2D eigenvalue weighted by Crippen LogP contribution is -2.25. The van der Waals surface area contributed by atoms with Crippen molar-refractivity contribution in [3.05, 3.63) is 181 Å². The van der Waals surface area contributed by atoms with Crippen molar-refractivity contribution in [1.29, 1.82) is 0 Å². The van der Waals surface area contributed by atoms with Crippen molar-refractivity contribution in [3.8, 4) is 28.4 Å². The molecule has 0 saturated carbocycles. The van der Waals surface area contributed by atoms with E-state index < -0.39 is 0 Å².